The number of nitrogens with zero attached hydrogens (tertiary/aromatic N) is 1. The fourth-order valence-corrected chi connectivity index (χ4v) is 2.28. The number of nitrogens with two attached hydrogens (primary N) is 1. The summed E-state index contributed by atoms with van der Waals surface area (Å²) >= 11 is 1.60. The van der Waals surface area contributed by atoms with E-state index < -0.39 is 0 Å². The van der Waals surface area contributed by atoms with Crippen LogP contribution in [-0.4, -0.2) is 4.98 Å². The lowest BCUT2D eigenvalue weighted by atomic mass is 9.99. The van der Waals surface area contributed by atoms with Crippen LogP contribution in [0.5, 0.6) is 0 Å². The van der Waals surface area contributed by atoms with Crippen LogP contribution in [0.3, 0.4) is 0 Å². The summed E-state index contributed by atoms with van der Waals surface area (Å²) in [5.74, 6) is 0.560. The third-order valence-electron chi connectivity index (χ3n) is 2.68. The number of hydrogen-bond acceptors (Lipinski definition) is 3. The highest BCUT2D eigenvalue weighted by molar-refractivity contribution is 7.09. The number of thiazole rings is 1. The van der Waals surface area contributed by atoms with Gasteiger partial charge in [-0.25, -0.2) is 4.98 Å². The van der Waals surface area contributed by atoms with Gasteiger partial charge in [-0.2, -0.15) is 0 Å². The molecular weight excluding hydrogens is 216 g/mol. The van der Waals surface area contributed by atoms with Crippen molar-refractivity contribution in [3.63, 3.8) is 0 Å². The summed E-state index contributed by atoms with van der Waals surface area (Å²) in [5.41, 5.74) is 8.60. The zero-order valence-corrected chi connectivity index (χ0v) is 10.4. The van der Waals surface area contributed by atoms with Crippen molar-refractivity contribution in [1.82, 2.24) is 4.98 Å². The van der Waals surface area contributed by atoms with Gasteiger partial charge in [0.05, 0.1) is 6.04 Å². The van der Waals surface area contributed by atoms with Gasteiger partial charge in [-0.15, -0.1) is 11.3 Å². The van der Waals surface area contributed by atoms with Gasteiger partial charge >= 0.3 is 0 Å². The topological polar surface area (TPSA) is 38.9 Å². The van der Waals surface area contributed by atoms with E-state index in [0.29, 0.717) is 5.92 Å². The molecule has 2 N–H and O–H groups in total. The number of benzene rings is 1. The van der Waals surface area contributed by atoms with Crippen molar-refractivity contribution >= 4 is 11.3 Å². The van der Waals surface area contributed by atoms with Crippen LogP contribution in [0.2, 0.25) is 0 Å². The van der Waals surface area contributed by atoms with Gasteiger partial charge in [-0.05, 0) is 17.0 Å². The van der Waals surface area contributed by atoms with Crippen molar-refractivity contribution in [3.05, 3.63) is 52.0 Å². The molecule has 0 aliphatic rings. The second-order valence-electron chi connectivity index (χ2n) is 4.17. The Bertz CT molecular complexity index is 431. The molecule has 0 aliphatic heterocycles. The fourth-order valence-electron chi connectivity index (χ4n) is 1.62. The molecule has 16 heavy (non-hydrogen) atoms. The van der Waals surface area contributed by atoms with Crippen LogP contribution in [0, 0.1) is 0 Å². The highest BCUT2D eigenvalue weighted by Crippen LogP contribution is 2.23. The first-order valence-electron chi connectivity index (χ1n) is 5.43. The van der Waals surface area contributed by atoms with Crippen LogP contribution in [0.4, 0.5) is 0 Å². The van der Waals surface area contributed by atoms with Gasteiger partial charge in [0.25, 0.3) is 0 Å². The lowest BCUT2D eigenvalue weighted by Gasteiger charge is -2.11. The van der Waals surface area contributed by atoms with Gasteiger partial charge in [0.15, 0.2) is 0 Å². The Labute approximate surface area is 100 Å². The summed E-state index contributed by atoms with van der Waals surface area (Å²) in [4.78, 5) is 4.24. The molecular formula is C13H16N2S. The molecule has 0 fully saturated rings. The third-order valence-corrected chi connectivity index (χ3v) is 3.54. The molecule has 1 unspecified atom stereocenters. The third kappa shape index (κ3) is 2.31. The van der Waals surface area contributed by atoms with Crippen molar-refractivity contribution in [3.8, 4) is 0 Å². The molecule has 2 nitrogen and oxygen atoms in total. The van der Waals surface area contributed by atoms with Gasteiger partial charge in [-0.1, -0.05) is 38.1 Å². The molecule has 0 radical (unpaired) electrons. The maximum atomic E-state index is 6.13. The smallest absolute Gasteiger partial charge is 0.114 e. The van der Waals surface area contributed by atoms with Crippen molar-refractivity contribution in [2.45, 2.75) is 25.8 Å². The van der Waals surface area contributed by atoms with E-state index in [2.05, 4.69) is 43.1 Å². The first kappa shape index (κ1) is 11.3. The maximum Gasteiger partial charge on any atom is 0.114 e. The number of rotatable bonds is 3. The van der Waals surface area contributed by atoms with Crippen LogP contribution in [0.1, 0.15) is 41.9 Å². The molecule has 84 valence electrons. The van der Waals surface area contributed by atoms with E-state index in [4.69, 9.17) is 5.73 Å². The minimum absolute atomic E-state index is 0.0961. The normalized spacial score (nSPS) is 13.0. The Kier molecular flexibility index (Phi) is 3.36. The number of aromatic nitrogens is 1. The monoisotopic (exact) mass is 232 g/mol. The summed E-state index contributed by atoms with van der Waals surface area (Å²) in [6.45, 7) is 4.38. The van der Waals surface area contributed by atoms with E-state index in [9.17, 15) is 0 Å². The van der Waals surface area contributed by atoms with E-state index in [1.807, 2.05) is 5.38 Å². The van der Waals surface area contributed by atoms with Gasteiger partial charge in [-0.3, -0.25) is 0 Å². The van der Waals surface area contributed by atoms with Gasteiger partial charge in [0.2, 0.25) is 0 Å². The van der Waals surface area contributed by atoms with Crippen LogP contribution < -0.4 is 5.73 Å². The molecule has 1 atom stereocenters. The highest BCUT2D eigenvalue weighted by atomic mass is 32.1. The summed E-state index contributed by atoms with van der Waals surface area (Å²) in [7, 11) is 0. The molecule has 0 saturated heterocycles. The van der Waals surface area contributed by atoms with Crippen molar-refractivity contribution in [2.24, 2.45) is 5.73 Å². The summed E-state index contributed by atoms with van der Waals surface area (Å²) in [6, 6.07) is 8.39. The van der Waals surface area contributed by atoms with Crippen LogP contribution in [-0.2, 0) is 0 Å². The maximum absolute atomic E-state index is 6.13. The minimum atomic E-state index is -0.0961. The molecule has 0 spiro atoms. The van der Waals surface area contributed by atoms with Gasteiger partial charge in [0.1, 0.15) is 5.01 Å². The SMILES string of the molecule is CC(C)c1ccc(C(N)c2nccs2)cc1. The molecule has 0 saturated carbocycles. The molecule has 2 aromatic rings. The predicted octanol–water partition coefficient (Wildman–Crippen LogP) is 3.31. The van der Waals surface area contributed by atoms with Crippen molar-refractivity contribution < 1.29 is 0 Å². The van der Waals surface area contributed by atoms with Crippen molar-refractivity contribution in [2.75, 3.05) is 0 Å². The Morgan fingerprint density at radius 1 is 1.12 bits per heavy atom. The Balaban J connectivity index is 2.22. The lowest BCUT2D eigenvalue weighted by molar-refractivity contribution is 0.841. The van der Waals surface area contributed by atoms with Gasteiger partial charge in [0, 0.05) is 11.6 Å². The van der Waals surface area contributed by atoms with E-state index in [-0.39, 0.29) is 6.04 Å². The lowest BCUT2D eigenvalue weighted by Crippen LogP contribution is -2.11. The molecule has 0 bridgehead atoms. The average molecular weight is 232 g/mol. The molecule has 1 aromatic carbocycles. The summed E-state index contributed by atoms with van der Waals surface area (Å²) < 4.78 is 0. The molecule has 1 aromatic heterocycles. The van der Waals surface area contributed by atoms with Gasteiger partial charge < -0.3 is 5.73 Å². The zero-order chi connectivity index (χ0) is 11.5. The second-order valence-corrected chi connectivity index (χ2v) is 5.10. The second kappa shape index (κ2) is 4.76. The molecule has 0 aliphatic carbocycles. The molecule has 1 heterocycles. The Hall–Kier alpha value is -1.19. The van der Waals surface area contributed by atoms with E-state index in [0.717, 1.165) is 10.6 Å². The Morgan fingerprint density at radius 2 is 1.75 bits per heavy atom. The quantitative estimate of drug-likeness (QED) is 0.881. The Morgan fingerprint density at radius 3 is 2.25 bits per heavy atom. The summed E-state index contributed by atoms with van der Waals surface area (Å²) in [5, 5.41) is 2.93. The molecule has 2 rings (SSSR count). The minimum Gasteiger partial charge on any atom is -0.318 e. The van der Waals surface area contributed by atoms with Crippen molar-refractivity contribution in [1.29, 1.82) is 0 Å². The predicted molar refractivity (Wildman–Crippen MR) is 68.7 cm³/mol. The first-order valence-corrected chi connectivity index (χ1v) is 6.31. The first-order chi connectivity index (χ1) is 7.68. The summed E-state index contributed by atoms with van der Waals surface area (Å²) in [6.07, 6.45) is 1.79. The van der Waals surface area contributed by atoms with Crippen LogP contribution >= 0.6 is 11.3 Å². The molecule has 0 amide bonds. The van der Waals surface area contributed by atoms with E-state index in [1.165, 1.54) is 5.56 Å². The van der Waals surface area contributed by atoms with Crippen LogP contribution in [0.25, 0.3) is 0 Å². The van der Waals surface area contributed by atoms with Crippen LogP contribution in [0.15, 0.2) is 35.8 Å². The molecule has 3 heteroatoms. The standard InChI is InChI=1S/C13H16N2S/c1-9(2)10-3-5-11(6-4-10)12(14)13-15-7-8-16-13/h3-9,12H,14H2,1-2H3. The zero-order valence-electron chi connectivity index (χ0n) is 9.55. The van der Waals surface area contributed by atoms with E-state index in [1.54, 1.807) is 17.5 Å². The average Bonchev–Trinajstić information content (AvgIpc) is 2.81. The number of hydrogen-bond donors (Lipinski definition) is 1. The fraction of sp³-hybridized carbons (Fsp3) is 0.308. The highest BCUT2D eigenvalue weighted by Gasteiger charge is 2.11. The largest absolute Gasteiger partial charge is 0.318 e. The van der Waals surface area contributed by atoms with E-state index >= 15 is 0 Å².